The number of carbonyl (C=O) groups is 1. The Morgan fingerprint density at radius 2 is 2.21 bits per heavy atom. The number of hydrogen-bond acceptors (Lipinski definition) is 8. The Hall–Kier alpha value is -2.65. The number of amides is 1. The summed E-state index contributed by atoms with van der Waals surface area (Å²) in [6.07, 6.45) is 6.46. The van der Waals surface area contributed by atoms with Crippen molar-refractivity contribution < 1.29 is 14.1 Å². The van der Waals surface area contributed by atoms with Gasteiger partial charge in [-0.05, 0) is 25.0 Å². The molecular weight excluding hydrogens is 378 g/mol. The summed E-state index contributed by atoms with van der Waals surface area (Å²) in [6, 6.07) is 3.92. The molecule has 1 unspecified atom stereocenters. The number of hydrogen-bond donors (Lipinski definition) is 1. The Balaban J connectivity index is 1.34. The lowest BCUT2D eigenvalue weighted by Crippen LogP contribution is -2.33. The molecule has 146 valence electrons. The molecule has 3 heterocycles. The van der Waals surface area contributed by atoms with Gasteiger partial charge in [-0.15, -0.1) is 11.3 Å². The molecule has 0 bridgehead atoms. The predicted octanol–water partition coefficient (Wildman–Crippen LogP) is 2.20. The molecule has 28 heavy (non-hydrogen) atoms. The Morgan fingerprint density at radius 1 is 1.36 bits per heavy atom. The summed E-state index contributed by atoms with van der Waals surface area (Å²) >= 11 is 1.71. The molecule has 8 nitrogen and oxygen atoms in total. The van der Waals surface area contributed by atoms with Gasteiger partial charge in [0, 0.05) is 42.3 Å². The van der Waals surface area contributed by atoms with Crippen LogP contribution in [0.25, 0.3) is 10.6 Å². The van der Waals surface area contributed by atoms with Gasteiger partial charge in [0.2, 0.25) is 11.8 Å². The molecule has 1 N–H and O–H groups in total. The zero-order chi connectivity index (χ0) is 19.3. The Kier molecular flexibility index (Phi) is 5.73. The van der Waals surface area contributed by atoms with Gasteiger partial charge in [-0.2, -0.15) is 4.98 Å². The number of nitrogens with one attached hydrogen (secondary N) is 1. The smallest absolute Gasteiger partial charge is 0.229 e. The number of fused-ring (bicyclic) bond motifs is 1. The van der Waals surface area contributed by atoms with Crippen LogP contribution in [0.3, 0.4) is 0 Å². The molecular formula is C19H21N5O3S. The predicted molar refractivity (Wildman–Crippen MR) is 103 cm³/mol. The second-order valence-corrected chi connectivity index (χ2v) is 7.71. The van der Waals surface area contributed by atoms with Crippen LogP contribution in [0.15, 0.2) is 29.0 Å². The summed E-state index contributed by atoms with van der Waals surface area (Å²) in [4.78, 5) is 26.9. The van der Waals surface area contributed by atoms with Crippen molar-refractivity contribution in [3.8, 4) is 10.6 Å². The van der Waals surface area contributed by atoms with Crippen molar-refractivity contribution in [3.63, 3.8) is 0 Å². The molecule has 1 atom stereocenters. The average molecular weight is 399 g/mol. The summed E-state index contributed by atoms with van der Waals surface area (Å²) in [5.41, 5.74) is 2.10. The largest absolute Gasteiger partial charge is 0.384 e. The first-order valence-electron chi connectivity index (χ1n) is 9.20. The number of nitrogens with zero attached hydrogens (tertiary/aromatic N) is 4. The van der Waals surface area contributed by atoms with E-state index in [1.807, 2.05) is 12.1 Å². The molecule has 0 spiro atoms. The van der Waals surface area contributed by atoms with Gasteiger partial charge in [-0.25, -0.2) is 4.98 Å². The van der Waals surface area contributed by atoms with Crippen LogP contribution in [0.2, 0.25) is 0 Å². The fraction of sp³-hybridized carbons (Fsp3) is 0.421. The van der Waals surface area contributed by atoms with Gasteiger partial charge in [0.25, 0.3) is 0 Å². The summed E-state index contributed by atoms with van der Waals surface area (Å²) < 4.78 is 10.1. The molecule has 1 aliphatic rings. The van der Waals surface area contributed by atoms with E-state index in [1.54, 1.807) is 30.8 Å². The molecule has 0 radical (unpaired) electrons. The van der Waals surface area contributed by atoms with E-state index in [-0.39, 0.29) is 18.4 Å². The molecule has 0 fully saturated rings. The first-order chi connectivity index (χ1) is 13.7. The number of thiazole rings is 1. The maximum atomic E-state index is 12.6. The van der Waals surface area contributed by atoms with E-state index >= 15 is 0 Å². The van der Waals surface area contributed by atoms with Crippen LogP contribution in [0.5, 0.6) is 0 Å². The minimum absolute atomic E-state index is 0.00681. The Morgan fingerprint density at radius 3 is 3.04 bits per heavy atom. The summed E-state index contributed by atoms with van der Waals surface area (Å²) in [5.74, 6) is 0.913. The fourth-order valence-electron chi connectivity index (χ4n) is 3.18. The Bertz CT molecular complexity index is 940. The second-order valence-electron chi connectivity index (χ2n) is 6.63. The van der Waals surface area contributed by atoms with Gasteiger partial charge in [-0.1, -0.05) is 5.16 Å². The standard InChI is InChI=1S/C19H21N5O3S/c1-26-9-6-17-23-16(24-27-17)11-21-18(25)13-2-3-15-14(10-13)22-19(28-15)12-4-7-20-8-5-12/h4-5,7-8,13H,2-3,6,9-11H2,1H3,(H,21,25). The molecule has 3 aromatic heterocycles. The third kappa shape index (κ3) is 4.26. The van der Waals surface area contributed by atoms with Gasteiger partial charge in [-0.3, -0.25) is 9.78 Å². The van der Waals surface area contributed by atoms with Crippen LogP contribution < -0.4 is 5.32 Å². The van der Waals surface area contributed by atoms with E-state index in [0.717, 1.165) is 29.1 Å². The molecule has 3 aromatic rings. The van der Waals surface area contributed by atoms with Crippen LogP contribution in [0.1, 0.15) is 28.7 Å². The second kappa shape index (κ2) is 8.57. The first kappa shape index (κ1) is 18.7. The molecule has 0 saturated carbocycles. The highest BCUT2D eigenvalue weighted by atomic mass is 32.1. The van der Waals surface area contributed by atoms with E-state index in [0.29, 0.717) is 31.2 Å². The zero-order valence-corrected chi connectivity index (χ0v) is 16.4. The highest BCUT2D eigenvalue weighted by molar-refractivity contribution is 7.15. The number of methoxy groups -OCH3 is 1. The van der Waals surface area contributed by atoms with E-state index in [2.05, 4.69) is 20.4 Å². The lowest BCUT2D eigenvalue weighted by molar-refractivity contribution is -0.125. The highest BCUT2D eigenvalue weighted by Crippen LogP contribution is 2.34. The number of aromatic nitrogens is 4. The normalized spacial score (nSPS) is 16.0. The summed E-state index contributed by atoms with van der Waals surface area (Å²) in [5, 5.41) is 7.80. The molecule has 9 heteroatoms. The van der Waals surface area contributed by atoms with Crippen molar-refractivity contribution in [2.24, 2.45) is 5.92 Å². The monoisotopic (exact) mass is 399 g/mol. The molecule has 0 saturated heterocycles. The summed E-state index contributed by atoms with van der Waals surface area (Å²) in [6.45, 7) is 0.783. The molecule has 1 aliphatic carbocycles. The van der Waals surface area contributed by atoms with Crippen molar-refractivity contribution >= 4 is 17.2 Å². The average Bonchev–Trinajstić information content (AvgIpc) is 3.37. The Labute approximate surface area is 166 Å². The zero-order valence-electron chi connectivity index (χ0n) is 15.6. The van der Waals surface area contributed by atoms with Crippen LogP contribution in [0, 0.1) is 5.92 Å². The minimum Gasteiger partial charge on any atom is -0.384 e. The van der Waals surface area contributed by atoms with Crippen molar-refractivity contribution in [1.29, 1.82) is 0 Å². The lowest BCUT2D eigenvalue weighted by atomic mass is 9.90. The highest BCUT2D eigenvalue weighted by Gasteiger charge is 2.28. The molecule has 0 aromatic carbocycles. The number of carbonyl (C=O) groups excluding carboxylic acids is 1. The summed E-state index contributed by atoms with van der Waals surface area (Å²) in [7, 11) is 1.62. The van der Waals surface area contributed by atoms with Crippen molar-refractivity contribution in [3.05, 3.63) is 46.8 Å². The first-order valence-corrected chi connectivity index (χ1v) is 10.0. The van der Waals surface area contributed by atoms with Crippen molar-refractivity contribution in [2.45, 2.75) is 32.2 Å². The maximum absolute atomic E-state index is 12.6. The van der Waals surface area contributed by atoms with E-state index in [1.165, 1.54) is 4.88 Å². The van der Waals surface area contributed by atoms with Crippen LogP contribution in [-0.4, -0.2) is 39.7 Å². The third-order valence-electron chi connectivity index (χ3n) is 4.69. The maximum Gasteiger partial charge on any atom is 0.229 e. The van der Waals surface area contributed by atoms with Crippen molar-refractivity contribution in [1.82, 2.24) is 25.4 Å². The van der Waals surface area contributed by atoms with Crippen LogP contribution in [0.4, 0.5) is 0 Å². The van der Waals surface area contributed by atoms with Gasteiger partial charge < -0.3 is 14.6 Å². The fourth-order valence-corrected chi connectivity index (χ4v) is 4.29. The van der Waals surface area contributed by atoms with Crippen LogP contribution in [-0.2, 0) is 35.3 Å². The van der Waals surface area contributed by atoms with Gasteiger partial charge in [0.1, 0.15) is 5.01 Å². The van der Waals surface area contributed by atoms with Gasteiger partial charge in [0.05, 0.1) is 25.3 Å². The minimum atomic E-state index is -0.0836. The van der Waals surface area contributed by atoms with E-state index < -0.39 is 0 Å². The number of rotatable bonds is 7. The number of ether oxygens (including phenoxy) is 1. The van der Waals surface area contributed by atoms with Crippen LogP contribution >= 0.6 is 11.3 Å². The third-order valence-corrected chi connectivity index (χ3v) is 5.89. The number of pyridine rings is 1. The molecule has 1 amide bonds. The molecule has 4 rings (SSSR count). The number of aryl methyl sites for hydroxylation is 1. The van der Waals surface area contributed by atoms with E-state index in [4.69, 9.17) is 14.2 Å². The van der Waals surface area contributed by atoms with Crippen molar-refractivity contribution in [2.75, 3.05) is 13.7 Å². The van der Waals surface area contributed by atoms with Gasteiger partial charge in [0.15, 0.2) is 5.82 Å². The SMILES string of the molecule is COCCc1nc(CNC(=O)C2CCc3sc(-c4ccncc4)nc3C2)no1. The van der Waals surface area contributed by atoms with Gasteiger partial charge >= 0.3 is 0 Å². The molecule has 0 aliphatic heterocycles. The lowest BCUT2D eigenvalue weighted by Gasteiger charge is -2.19. The topological polar surface area (TPSA) is 103 Å². The van der Waals surface area contributed by atoms with E-state index in [9.17, 15) is 4.79 Å². The quantitative estimate of drug-likeness (QED) is 0.649.